The number of alkyl halides is 5. The minimum Gasteiger partial charge on any atom is -0.469 e. The number of esters is 1. The van der Waals surface area contributed by atoms with Crippen molar-refractivity contribution in [3.05, 3.63) is 28.6 Å². The Hall–Kier alpha value is -1.73. The molecule has 1 aromatic rings. The summed E-state index contributed by atoms with van der Waals surface area (Å²) in [6.45, 7) is 1.11. The lowest BCUT2D eigenvalue weighted by Crippen LogP contribution is -2.17. The van der Waals surface area contributed by atoms with E-state index in [9.17, 15) is 26.7 Å². The van der Waals surface area contributed by atoms with Crippen LogP contribution in [0.4, 0.5) is 22.0 Å². The quantitative estimate of drug-likeness (QED) is 0.632. The minimum atomic E-state index is -5.01. The third kappa shape index (κ3) is 3.62. The van der Waals surface area contributed by atoms with E-state index in [2.05, 4.69) is 9.72 Å². The van der Waals surface area contributed by atoms with Gasteiger partial charge in [0.2, 0.25) is 0 Å². The molecule has 1 aromatic heterocycles. The molecule has 0 aromatic carbocycles. The van der Waals surface area contributed by atoms with Crippen LogP contribution in [-0.2, 0) is 22.1 Å². The number of ether oxygens (including phenoxy) is 1. The van der Waals surface area contributed by atoms with Gasteiger partial charge in [0, 0.05) is 0 Å². The van der Waals surface area contributed by atoms with Crippen LogP contribution in [0.1, 0.15) is 28.9 Å². The number of hydrogen-bond donors (Lipinski definition) is 0. The lowest BCUT2D eigenvalue weighted by Gasteiger charge is -2.15. The molecule has 0 saturated carbocycles. The summed E-state index contributed by atoms with van der Waals surface area (Å²) in [5, 5.41) is 0. The first kappa shape index (κ1) is 15.3. The van der Waals surface area contributed by atoms with E-state index in [1.54, 1.807) is 0 Å². The number of carbonyl (C=O) groups excluding carboxylic acids is 1. The zero-order valence-electron chi connectivity index (χ0n) is 10.0. The van der Waals surface area contributed by atoms with Crippen molar-refractivity contribution in [2.45, 2.75) is 25.9 Å². The van der Waals surface area contributed by atoms with Crippen LogP contribution in [0.5, 0.6) is 0 Å². The summed E-state index contributed by atoms with van der Waals surface area (Å²) in [6, 6.07) is 1.02. The second-order valence-electron chi connectivity index (χ2n) is 3.74. The Labute approximate surface area is 105 Å². The molecule has 0 radical (unpaired) electrons. The van der Waals surface area contributed by atoms with Crippen molar-refractivity contribution >= 4 is 5.97 Å². The number of halogens is 5. The van der Waals surface area contributed by atoms with E-state index in [0.29, 0.717) is 0 Å². The Morgan fingerprint density at radius 1 is 1.42 bits per heavy atom. The Bertz CT molecular complexity index is 485. The lowest BCUT2D eigenvalue weighted by atomic mass is 10.0. The predicted molar refractivity (Wildman–Crippen MR) is 54.7 cm³/mol. The fourth-order valence-electron chi connectivity index (χ4n) is 1.55. The van der Waals surface area contributed by atoms with Crippen molar-refractivity contribution in [1.29, 1.82) is 0 Å². The van der Waals surface area contributed by atoms with Gasteiger partial charge in [-0.3, -0.25) is 4.79 Å². The smallest absolute Gasteiger partial charge is 0.433 e. The van der Waals surface area contributed by atoms with Gasteiger partial charge in [-0.1, -0.05) is 0 Å². The van der Waals surface area contributed by atoms with E-state index < -0.39 is 36.2 Å². The van der Waals surface area contributed by atoms with Crippen molar-refractivity contribution in [3.8, 4) is 0 Å². The van der Waals surface area contributed by atoms with Crippen molar-refractivity contribution in [2.24, 2.45) is 0 Å². The second kappa shape index (κ2) is 5.50. The van der Waals surface area contributed by atoms with Crippen LogP contribution < -0.4 is 0 Å². The molecule has 3 nitrogen and oxygen atoms in total. The molecule has 0 atom stereocenters. The van der Waals surface area contributed by atoms with E-state index in [-0.39, 0.29) is 11.3 Å². The molecule has 0 unspecified atom stereocenters. The maximum Gasteiger partial charge on any atom is 0.433 e. The maximum atomic E-state index is 12.7. The number of nitrogens with zero attached hydrogens (tertiary/aromatic N) is 1. The van der Waals surface area contributed by atoms with E-state index in [4.69, 9.17) is 0 Å². The summed E-state index contributed by atoms with van der Waals surface area (Å²) in [4.78, 5) is 14.1. The van der Waals surface area contributed by atoms with Crippen molar-refractivity contribution in [1.82, 2.24) is 4.98 Å². The molecule has 0 spiro atoms. The number of pyridine rings is 1. The zero-order valence-corrected chi connectivity index (χ0v) is 10.0. The fraction of sp³-hybridized carbons (Fsp3) is 0.455. The lowest BCUT2D eigenvalue weighted by molar-refractivity contribution is -0.144. The molecule has 0 fully saturated rings. The van der Waals surface area contributed by atoms with Gasteiger partial charge in [0.15, 0.2) is 5.69 Å². The summed E-state index contributed by atoms with van der Waals surface area (Å²) in [6.07, 6.45) is -8.82. The molecule has 1 heterocycles. The Balaban J connectivity index is 3.35. The van der Waals surface area contributed by atoms with Gasteiger partial charge in [0.05, 0.1) is 24.8 Å². The molecule has 0 N–H and O–H groups in total. The van der Waals surface area contributed by atoms with Gasteiger partial charge in [-0.05, 0) is 18.6 Å². The summed E-state index contributed by atoms with van der Waals surface area (Å²) in [7, 11) is 1.06. The van der Waals surface area contributed by atoms with E-state index >= 15 is 0 Å². The number of aryl methyl sites for hydroxylation is 1. The molecule has 0 aliphatic carbocycles. The topological polar surface area (TPSA) is 39.2 Å². The predicted octanol–water partition coefficient (Wildman–Crippen LogP) is 3.06. The van der Waals surface area contributed by atoms with Crippen LogP contribution in [0.3, 0.4) is 0 Å². The average molecular weight is 283 g/mol. The monoisotopic (exact) mass is 283 g/mol. The van der Waals surface area contributed by atoms with Gasteiger partial charge < -0.3 is 4.74 Å². The third-order valence-corrected chi connectivity index (χ3v) is 2.36. The van der Waals surface area contributed by atoms with Gasteiger partial charge in [-0.15, -0.1) is 0 Å². The van der Waals surface area contributed by atoms with Crippen LogP contribution in [0.15, 0.2) is 6.07 Å². The molecule has 0 saturated heterocycles. The highest BCUT2D eigenvalue weighted by Crippen LogP contribution is 2.37. The SMILES string of the molecule is COC(=O)Cc1cc(C)c(C(F)F)c(C(F)(F)F)n1. The molecular weight excluding hydrogens is 273 g/mol. The highest BCUT2D eigenvalue weighted by atomic mass is 19.4. The Morgan fingerprint density at radius 3 is 2.42 bits per heavy atom. The molecule has 0 aliphatic rings. The van der Waals surface area contributed by atoms with Gasteiger partial charge >= 0.3 is 12.1 Å². The summed E-state index contributed by atoms with van der Waals surface area (Å²) in [5.74, 6) is -0.801. The van der Waals surface area contributed by atoms with Crippen LogP contribution in [-0.4, -0.2) is 18.1 Å². The largest absolute Gasteiger partial charge is 0.469 e. The maximum absolute atomic E-state index is 12.7. The number of aromatic nitrogens is 1. The number of rotatable bonds is 3. The van der Waals surface area contributed by atoms with Gasteiger partial charge in [-0.2, -0.15) is 13.2 Å². The first-order valence-electron chi connectivity index (χ1n) is 5.09. The summed E-state index contributed by atoms with van der Waals surface area (Å²) >= 11 is 0. The van der Waals surface area contributed by atoms with Crippen molar-refractivity contribution in [2.75, 3.05) is 7.11 Å². The van der Waals surface area contributed by atoms with E-state index in [1.807, 2.05) is 0 Å². The average Bonchev–Trinajstić information content (AvgIpc) is 2.26. The van der Waals surface area contributed by atoms with Crippen LogP contribution >= 0.6 is 0 Å². The molecule has 0 bridgehead atoms. The fourth-order valence-corrected chi connectivity index (χ4v) is 1.55. The molecule has 0 amide bonds. The zero-order chi connectivity index (χ0) is 14.8. The first-order chi connectivity index (χ1) is 8.66. The van der Waals surface area contributed by atoms with Crippen LogP contribution in [0.2, 0.25) is 0 Å². The summed E-state index contributed by atoms with van der Waals surface area (Å²) in [5.41, 5.74) is -3.36. The number of hydrogen-bond acceptors (Lipinski definition) is 3. The van der Waals surface area contributed by atoms with E-state index in [1.165, 1.54) is 0 Å². The summed E-state index contributed by atoms with van der Waals surface area (Å²) < 4.78 is 67.6. The normalized spacial score (nSPS) is 11.8. The van der Waals surface area contributed by atoms with E-state index in [0.717, 1.165) is 20.1 Å². The third-order valence-electron chi connectivity index (χ3n) is 2.36. The molecule has 106 valence electrons. The number of methoxy groups -OCH3 is 1. The second-order valence-corrected chi connectivity index (χ2v) is 3.74. The van der Waals surface area contributed by atoms with Gasteiger partial charge in [-0.25, -0.2) is 13.8 Å². The molecule has 0 aliphatic heterocycles. The van der Waals surface area contributed by atoms with Gasteiger partial charge in [0.25, 0.3) is 6.43 Å². The molecular formula is C11H10F5NO2. The molecule has 1 rings (SSSR count). The van der Waals surface area contributed by atoms with Crippen molar-refractivity contribution in [3.63, 3.8) is 0 Å². The molecule has 8 heteroatoms. The van der Waals surface area contributed by atoms with Crippen LogP contribution in [0, 0.1) is 6.92 Å². The number of carbonyl (C=O) groups is 1. The minimum absolute atomic E-state index is 0.263. The Kier molecular flexibility index (Phi) is 4.43. The van der Waals surface area contributed by atoms with Gasteiger partial charge in [0.1, 0.15) is 0 Å². The Morgan fingerprint density at radius 2 is 2.00 bits per heavy atom. The van der Waals surface area contributed by atoms with Crippen molar-refractivity contribution < 1.29 is 31.5 Å². The standard InChI is InChI=1S/C11H10F5NO2/c1-5-3-6(4-7(18)19-2)17-9(11(14,15)16)8(5)10(12)13/h3,10H,4H2,1-2H3. The first-order valence-corrected chi connectivity index (χ1v) is 5.09. The molecule has 19 heavy (non-hydrogen) atoms. The highest BCUT2D eigenvalue weighted by molar-refractivity contribution is 5.71. The van der Waals surface area contributed by atoms with Crippen LogP contribution in [0.25, 0.3) is 0 Å². The highest BCUT2D eigenvalue weighted by Gasteiger charge is 2.39.